The van der Waals surface area contributed by atoms with Gasteiger partial charge in [-0.2, -0.15) is 13.2 Å². The standard InChI is InChI=1S/C9H12F3NO4S2/c1-6-8(4-7(5-14)17-6)19(15,16)13-2-3-18-9(10,11)12/h4,13-14H,2-3,5H2,1H3. The molecule has 0 amide bonds. The van der Waals surface area contributed by atoms with E-state index in [4.69, 9.17) is 9.52 Å². The summed E-state index contributed by atoms with van der Waals surface area (Å²) in [5.74, 6) is -0.283. The smallest absolute Gasteiger partial charge is 0.441 e. The molecule has 0 aliphatic carbocycles. The molecule has 0 bridgehead atoms. The Morgan fingerprint density at radius 3 is 2.58 bits per heavy atom. The molecular formula is C9H12F3NO4S2. The molecule has 0 unspecified atom stereocenters. The Hall–Kier alpha value is -0.710. The molecule has 0 atom stereocenters. The fourth-order valence-corrected chi connectivity index (χ4v) is 3.09. The van der Waals surface area contributed by atoms with Crippen LogP contribution in [0.4, 0.5) is 13.2 Å². The van der Waals surface area contributed by atoms with E-state index in [1.54, 1.807) is 0 Å². The molecule has 0 aliphatic rings. The van der Waals surface area contributed by atoms with Gasteiger partial charge in [0.15, 0.2) is 0 Å². The minimum absolute atomic E-state index is 0.0695. The van der Waals surface area contributed by atoms with Gasteiger partial charge < -0.3 is 9.52 Å². The molecule has 0 spiro atoms. The lowest BCUT2D eigenvalue weighted by molar-refractivity contribution is -0.0327. The normalized spacial score (nSPS) is 12.9. The van der Waals surface area contributed by atoms with E-state index in [2.05, 4.69) is 0 Å². The van der Waals surface area contributed by atoms with Crippen molar-refractivity contribution in [1.29, 1.82) is 0 Å². The average Bonchev–Trinajstić information content (AvgIpc) is 2.66. The number of rotatable bonds is 6. The zero-order valence-corrected chi connectivity index (χ0v) is 11.5. The number of thioether (sulfide) groups is 1. The molecule has 1 aromatic heterocycles. The summed E-state index contributed by atoms with van der Waals surface area (Å²) in [7, 11) is -3.93. The quantitative estimate of drug-likeness (QED) is 0.779. The van der Waals surface area contributed by atoms with Crippen molar-refractivity contribution >= 4 is 21.8 Å². The first-order chi connectivity index (χ1) is 8.65. The highest BCUT2D eigenvalue weighted by atomic mass is 32.2. The Morgan fingerprint density at radius 2 is 2.11 bits per heavy atom. The van der Waals surface area contributed by atoms with Gasteiger partial charge in [-0.3, -0.25) is 0 Å². The minimum atomic E-state index is -4.39. The van der Waals surface area contributed by atoms with E-state index < -0.39 is 27.9 Å². The second kappa shape index (κ2) is 6.16. The Balaban J connectivity index is 2.63. The Kier molecular flexibility index (Phi) is 5.30. The predicted molar refractivity (Wildman–Crippen MR) is 63.1 cm³/mol. The van der Waals surface area contributed by atoms with E-state index in [9.17, 15) is 21.6 Å². The van der Waals surface area contributed by atoms with Crippen LogP contribution in [0.15, 0.2) is 15.4 Å². The average molecular weight is 319 g/mol. The molecule has 0 aromatic carbocycles. The summed E-state index contributed by atoms with van der Waals surface area (Å²) in [6.07, 6.45) is 0. The summed E-state index contributed by atoms with van der Waals surface area (Å²) >= 11 is -0.307. The summed E-state index contributed by atoms with van der Waals surface area (Å²) in [6.45, 7) is 0.573. The van der Waals surface area contributed by atoms with Crippen molar-refractivity contribution < 1.29 is 31.1 Å². The molecule has 2 N–H and O–H groups in total. The fraction of sp³-hybridized carbons (Fsp3) is 0.556. The van der Waals surface area contributed by atoms with Crippen LogP contribution in [0.1, 0.15) is 11.5 Å². The van der Waals surface area contributed by atoms with Gasteiger partial charge in [-0.15, -0.1) is 0 Å². The van der Waals surface area contributed by atoms with Crippen molar-refractivity contribution in [2.24, 2.45) is 0 Å². The van der Waals surface area contributed by atoms with E-state index >= 15 is 0 Å². The second-order valence-electron chi connectivity index (χ2n) is 3.48. The largest absolute Gasteiger partial charge is 0.462 e. The first-order valence-corrected chi connectivity index (χ1v) is 7.53. The van der Waals surface area contributed by atoms with Crippen LogP contribution in [-0.2, 0) is 16.6 Å². The molecule has 0 aliphatic heterocycles. The summed E-state index contributed by atoms with van der Waals surface area (Å²) < 4.78 is 66.1. The molecule has 19 heavy (non-hydrogen) atoms. The van der Waals surface area contributed by atoms with Gasteiger partial charge in [-0.25, -0.2) is 13.1 Å². The number of aliphatic hydroxyl groups excluding tert-OH is 1. The van der Waals surface area contributed by atoms with Crippen molar-refractivity contribution in [3.8, 4) is 0 Å². The third-order valence-electron chi connectivity index (χ3n) is 2.03. The van der Waals surface area contributed by atoms with Crippen LogP contribution in [0.5, 0.6) is 0 Å². The maximum atomic E-state index is 11.9. The van der Waals surface area contributed by atoms with E-state index in [1.165, 1.54) is 6.92 Å². The second-order valence-corrected chi connectivity index (χ2v) is 6.38. The van der Waals surface area contributed by atoms with Gasteiger partial charge in [0, 0.05) is 18.4 Å². The predicted octanol–water partition coefficient (Wildman–Crippen LogP) is 1.61. The number of hydrogen-bond donors (Lipinski definition) is 2. The summed E-state index contributed by atoms with van der Waals surface area (Å²) in [4.78, 5) is -0.187. The lowest BCUT2D eigenvalue weighted by atomic mass is 10.4. The van der Waals surface area contributed by atoms with Crippen molar-refractivity contribution in [3.63, 3.8) is 0 Å². The number of alkyl halides is 3. The molecule has 0 saturated carbocycles. The summed E-state index contributed by atoms with van der Waals surface area (Å²) in [5, 5.41) is 8.81. The van der Waals surface area contributed by atoms with Crippen LogP contribution in [0.3, 0.4) is 0 Å². The molecule has 0 saturated heterocycles. The highest BCUT2D eigenvalue weighted by Crippen LogP contribution is 2.29. The lowest BCUT2D eigenvalue weighted by Crippen LogP contribution is -2.27. The van der Waals surface area contributed by atoms with Gasteiger partial charge in [0.25, 0.3) is 0 Å². The molecule has 1 aromatic rings. The first kappa shape index (κ1) is 16.3. The van der Waals surface area contributed by atoms with Crippen molar-refractivity contribution in [2.45, 2.75) is 23.9 Å². The number of furan rings is 1. The summed E-state index contributed by atoms with van der Waals surface area (Å²) in [6, 6.07) is 1.13. The number of halogens is 3. The van der Waals surface area contributed by atoms with Crippen molar-refractivity contribution in [3.05, 3.63) is 17.6 Å². The molecule has 110 valence electrons. The highest BCUT2D eigenvalue weighted by molar-refractivity contribution is 8.00. The van der Waals surface area contributed by atoms with Crippen LogP contribution in [0.2, 0.25) is 0 Å². The number of nitrogens with one attached hydrogen (secondary N) is 1. The third-order valence-corrected chi connectivity index (χ3v) is 4.33. The van der Waals surface area contributed by atoms with Crippen molar-refractivity contribution in [2.75, 3.05) is 12.3 Å². The molecule has 1 rings (SSSR count). The van der Waals surface area contributed by atoms with E-state index in [0.717, 1.165) is 6.07 Å². The van der Waals surface area contributed by atoms with E-state index in [-0.39, 0.29) is 34.7 Å². The van der Waals surface area contributed by atoms with Crippen LogP contribution in [0.25, 0.3) is 0 Å². The van der Waals surface area contributed by atoms with Crippen LogP contribution < -0.4 is 4.72 Å². The Labute approximate surface area is 112 Å². The molecular weight excluding hydrogens is 307 g/mol. The number of hydrogen-bond acceptors (Lipinski definition) is 5. The van der Waals surface area contributed by atoms with Gasteiger partial charge >= 0.3 is 5.51 Å². The van der Waals surface area contributed by atoms with E-state index in [1.807, 2.05) is 4.72 Å². The summed E-state index contributed by atoms with van der Waals surface area (Å²) in [5.41, 5.74) is -4.39. The van der Waals surface area contributed by atoms with Gasteiger partial charge in [-0.1, -0.05) is 0 Å². The van der Waals surface area contributed by atoms with E-state index in [0.29, 0.717) is 0 Å². The third kappa shape index (κ3) is 5.05. The monoisotopic (exact) mass is 319 g/mol. The minimum Gasteiger partial charge on any atom is -0.462 e. The molecule has 1 heterocycles. The highest BCUT2D eigenvalue weighted by Gasteiger charge is 2.28. The maximum Gasteiger partial charge on any atom is 0.441 e. The topological polar surface area (TPSA) is 79.5 Å². The zero-order chi connectivity index (χ0) is 14.7. The Bertz CT molecular complexity index is 524. The molecule has 5 nitrogen and oxygen atoms in total. The first-order valence-electron chi connectivity index (χ1n) is 5.06. The maximum absolute atomic E-state index is 11.9. The number of aryl methyl sites for hydroxylation is 1. The Morgan fingerprint density at radius 1 is 1.47 bits per heavy atom. The molecule has 0 radical (unpaired) electrons. The number of aliphatic hydroxyl groups is 1. The van der Waals surface area contributed by atoms with Crippen LogP contribution in [-0.4, -0.2) is 31.3 Å². The van der Waals surface area contributed by atoms with Gasteiger partial charge in [0.2, 0.25) is 10.0 Å². The van der Waals surface area contributed by atoms with Gasteiger partial charge in [-0.05, 0) is 18.7 Å². The molecule has 0 fully saturated rings. The van der Waals surface area contributed by atoms with Gasteiger partial charge in [0.05, 0.1) is 0 Å². The SMILES string of the molecule is Cc1oc(CO)cc1S(=O)(=O)NCCSC(F)(F)F. The van der Waals surface area contributed by atoms with Crippen LogP contribution in [0, 0.1) is 6.92 Å². The lowest BCUT2D eigenvalue weighted by Gasteiger charge is -2.07. The van der Waals surface area contributed by atoms with Crippen LogP contribution >= 0.6 is 11.8 Å². The number of sulfonamides is 1. The zero-order valence-electron chi connectivity index (χ0n) is 9.82. The molecule has 10 heteroatoms. The fourth-order valence-electron chi connectivity index (χ4n) is 1.29. The van der Waals surface area contributed by atoms with Crippen molar-refractivity contribution in [1.82, 2.24) is 4.72 Å². The van der Waals surface area contributed by atoms with Gasteiger partial charge in [0.1, 0.15) is 23.0 Å².